The highest BCUT2D eigenvalue weighted by Gasteiger charge is 2.30. The zero-order valence-corrected chi connectivity index (χ0v) is 14.9. The number of carbonyl (C=O) groups excluding carboxylic acids is 2. The van der Waals surface area contributed by atoms with Crippen LogP contribution in [0.25, 0.3) is 5.69 Å². The van der Waals surface area contributed by atoms with Gasteiger partial charge in [-0.15, -0.1) is 0 Å². The van der Waals surface area contributed by atoms with E-state index in [0.717, 1.165) is 12.8 Å². The van der Waals surface area contributed by atoms with E-state index < -0.39 is 0 Å². The Kier molecular flexibility index (Phi) is 4.78. The Balaban J connectivity index is 1.56. The number of hydrogen-bond donors (Lipinski definition) is 0. The topological polar surface area (TPSA) is 68.1 Å². The van der Waals surface area contributed by atoms with Gasteiger partial charge >= 0.3 is 0 Å². The van der Waals surface area contributed by atoms with Gasteiger partial charge in [0.25, 0.3) is 5.91 Å². The molecule has 1 amide bonds. The average Bonchev–Trinajstić information content (AvgIpc) is 3.28. The van der Waals surface area contributed by atoms with Crippen LogP contribution < -0.4 is 0 Å². The first-order valence-corrected chi connectivity index (χ1v) is 9.06. The molecular formula is C21H20N4O2. The Bertz CT molecular complexity index is 938. The molecule has 1 fully saturated rings. The van der Waals surface area contributed by atoms with E-state index in [0.29, 0.717) is 29.9 Å². The van der Waals surface area contributed by atoms with Crippen molar-refractivity contribution in [3.05, 3.63) is 78.4 Å². The van der Waals surface area contributed by atoms with Crippen molar-refractivity contribution >= 4 is 11.7 Å². The molecule has 0 saturated carbocycles. The van der Waals surface area contributed by atoms with Crippen molar-refractivity contribution < 1.29 is 9.59 Å². The number of hydrogen-bond acceptors (Lipinski definition) is 4. The summed E-state index contributed by atoms with van der Waals surface area (Å²) in [5.74, 6) is -0.132. The first-order valence-electron chi connectivity index (χ1n) is 9.06. The quantitative estimate of drug-likeness (QED) is 0.671. The molecule has 2 heterocycles. The van der Waals surface area contributed by atoms with Crippen LogP contribution in [-0.4, -0.2) is 44.4 Å². The molecule has 0 bridgehead atoms. The highest BCUT2D eigenvalue weighted by atomic mass is 16.2. The second-order valence-electron chi connectivity index (χ2n) is 6.68. The molecule has 6 nitrogen and oxygen atoms in total. The molecule has 0 N–H and O–H groups in total. The van der Waals surface area contributed by atoms with Crippen LogP contribution in [0.4, 0.5) is 0 Å². The van der Waals surface area contributed by atoms with Crippen molar-refractivity contribution in [1.82, 2.24) is 19.7 Å². The summed E-state index contributed by atoms with van der Waals surface area (Å²) in [5, 5.41) is 4.14. The van der Waals surface area contributed by atoms with Crippen LogP contribution in [-0.2, 0) is 0 Å². The van der Waals surface area contributed by atoms with Gasteiger partial charge < -0.3 is 4.90 Å². The highest BCUT2D eigenvalue weighted by Crippen LogP contribution is 2.24. The molecule has 1 unspecified atom stereocenters. The minimum atomic E-state index is -0.163. The fourth-order valence-electron chi connectivity index (χ4n) is 3.57. The van der Waals surface area contributed by atoms with E-state index in [1.807, 2.05) is 48.5 Å². The standard InChI is InChI=1S/C21H20N4O2/c26-20(16-7-2-1-3-8-16)17-9-6-12-24(13-17)21(27)18-10-4-5-11-19(18)25-15-22-14-23-25/h1-5,7-8,10-11,14-15,17H,6,9,12-13H2. The van der Waals surface area contributed by atoms with Crippen molar-refractivity contribution in [3.63, 3.8) is 0 Å². The number of amides is 1. The maximum Gasteiger partial charge on any atom is 0.256 e. The number of ketones is 1. The number of likely N-dealkylation sites (tertiary alicyclic amines) is 1. The smallest absolute Gasteiger partial charge is 0.256 e. The molecule has 27 heavy (non-hydrogen) atoms. The number of piperidine rings is 1. The van der Waals surface area contributed by atoms with Crippen molar-refractivity contribution in [3.8, 4) is 5.69 Å². The molecule has 4 rings (SSSR count). The first kappa shape index (κ1) is 17.1. The molecule has 2 aromatic carbocycles. The summed E-state index contributed by atoms with van der Waals surface area (Å²) in [6, 6.07) is 16.7. The second-order valence-corrected chi connectivity index (χ2v) is 6.68. The van der Waals surface area contributed by atoms with Crippen LogP contribution in [0.3, 0.4) is 0 Å². The molecule has 1 aliphatic heterocycles. The van der Waals surface area contributed by atoms with Gasteiger partial charge in [0.2, 0.25) is 0 Å². The maximum absolute atomic E-state index is 13.2. The average molecular weight is 360 g/mol. The highest BCUT2D eigenvalue weighted by molar-refractivity contribution is 6.00. The Labute approximate surface area is 157 Å². The van der Waals surface area contributed by atoms with Gasteiger partial charge in [-0.1, -0.05) is 42.5 Å². The van der Waals surface area contributed by atoms with Gasteiger partial charge in [0, 0.05) is 24.6 Å². The van der Waals surface area contributed by atoms with E-state index in [9.17, 15) is 9.59 Å². The lowest BCUT2D eigenvalue weighted by atomic mass is 9.89. The van der Waals surface area contributed by atoms with Crippen LogP contribution >= 0.6 is 0 Å². The Morgan fingerprint density at radius 3 is 2.56 bits per heavy atom. The fraction of sp³-hybridized carbons (Fsp3) is 0.238. The number of carbonyl (C=O) groups is 2. The fourth-order valence-corrected chi connectivity index (χ4v) is 3.57. The predicted octanol–water partition coefficient (Wildman–Crippen LogP) is 3.00. The van der Waals surface area contributed by atoms with Gasteiger partial charge in [0.15, 0.2) is 5.78 Å². The van der Waals surface area contributed by atoms with E-state index in [1.54, 1.807) is 22.0 Å². The van der Waals surface area contributed by atoms with Crippen molar-refractivity contribution in [1.29, 1.82) is 0 Å². The van der Waals surface area contributed by atoms with Gasteiger partial charge in [-0.3, -0.25) is 9.59 Å². The summed E-state index contributed by atoms with van der Waals surface area (Å²) in [6.45, 7) is 1.10. The monoisotopic (exact) mass is 360 g/mol. The maximum atomic E-state index is 13.2. The summed E-state index contributed by atoms with van der Waals surface area (Å²) in [7, 11) is 0. The summed E-state index contributed by atoms with van der Waals surface area (Å²) < 4.78 is 1.59. The van der Waals surface area contributed by atoms with Crippen molar-refractivity contribution in [2.45, 2.75) is 12.8 Å². The number of para-hydroxylation sites is 1. The van der Waals surface area contributed by atoms with Crippen LogP contribution in [0.2, 0.25) is 0 Å². The molecule has 0 aliphatic carbocycles. The third kappa shape index (κ3) is 3.51. The normalized spacial score (nSPS) is 16.9. The van der Waals surface area contributed by atoms with Crippen molar-refractivity contribution in [2.24, 2.45) is 5.92 Å². The molecule has 1 aliphatic rings. The number of nitrogens with zero attached hydrogens (tertiary/aromatic N) is 4. The number of aromatic nitrogens is 3. The zero-order chi connectivity index (χ0) is 18.6. The molecular weight excluding hydrogens is 340 g/mol. The summed E-state index contributed by atoms with van der Waals surface area (Å²) >= 11 is 0. The SMILES string of the molecule is O=C(c1ccccc1)C1CCCN(C(=O)c2ccccc2-n2cncn2)C1. The van der Waals surface area contributed by atoms with E-state index >= 15 is 0 Å². The molecule has 3 aromatic rings. The van der Waals surface area contributed by atoms with E-state index in [1.165, 1.54) is 6.33 Å². The van der Waals surface area contributed by atoms with E-state index in [2.05, 4.69) is 10.1 Å². The number of benzene rings is 2. The number of rotatable bonds is 4. The van der Waals surface area contributed by atoms with Crippen LogP contribution in [0.5, 0.6) is 0 Å². The second kappa shape index (κ2) is 7.53. The van der Waals surface area contributed by atoms with Gasteiger partial charge in [-0.2, -0.15) is 5.10 Å². The largest absolute Gasteiger partial charge is 0.338 e. The zero-order valence-electron chi connectivity index (χ0n) is 14.9. The molecule has 6 heteroatoms. The van der Waals surface area contributed by atoms with Gasteiger partial charge in [-0.05, 0) is 25.0 Å². The summed E-state index contributed by atoms with van der Waals surface area (Å²) in [4.78, 5) is 31.7. The lowest BCUT2D eigenvalue weighted by molar-refractivity contribution is 0.0637. The van der Waals surface area contributed by atoms with Gasteiger partial charge in [0.1, 0.15) is 12.7 Å². The molecule has 1 aromatic heterocycles. The van der Waals surface area contributed by atoms with E-state index in [4.69, 9.17) is 0 Å². The lowest BCUT2D eigenvalue weighted by Crippen LogP contribution is -2.42. The van der Waals surface area contributed by atoms with Crippen molar-refractivity contribution in [2.75, 3.05) is 13.1 Å². The Morgan fingerprint density at radius 2 is 1.78 bits per heavy atom. The van der Waals surface area contributed by atoms with Crippen LogP contribution in [0.15, 0.2) is 67.3 Å². The van der Waals surface area contributed by atoms with E-state index in [-0.39, 0.29) is 17.6 Å². The minimum absolute atomic E-state index is 0.0772. The Morgan fingerprint density at radius 1 is 1.00 bits per heavy atom. The molecule has 136 valence electrons. The number of Topliss-reactive ketones (excluding diaryl/α,β-unsaturated/α-hetero) is 1. The first-order chi connectivity index (χ1) is 13.2. The molecule has 1 saturated heterocycles. The predicted molar refractivity (Wildman–Crippen MR) is 101 cm³/mol. The molecule has 0 radical (unpaired) electrons. The third-order valence-electron chi connectivity index (χ3n) is 4.94. The van der Waals surface area contributed by atoms with Gasteiger partial charge in [-0.25, -0.2) is 9.67 Å². The van der Waals surface area contributed by atoms with Gasteiger partial charge in [0.05, 0.1) is 11.3 Å². The minimum Gasteiger partial charge on any atom is -0.338 e. The van der Waals surface area contributed by atoms with Crippen LogP contribution in [0.1, 0.15) is 33.6 Å². The summed E-state index contributed by atoms with van der Waals surface area (Å²) in [5.41, 5.74) is 1.96. The molecule has 1 atom stereocenters. The van der Waals surface area contributed by atoms with Crippen LogP contribution in [0, 0.1) is 5.92 Å². The third-order valence-corrected chi connectivity index (χ3v) is 4.94. The summed E-state index contributed by atoms with van der Waals surface area (Å²) in [6.07, 6.45) is 4.64. The molecule has 0 spiro atoms. The Hall–Kier alpha value is -3.28. The lowest BCUT2D eigenvalue weighted by Gasteiger charge is -2.32.